The van der Waals surface area contributed by atoms with Crippen LogP contribution in [0.15, 0.2) is 48.5 Å². The molecule has 0 spiro atoms. The number of benzene rings is 2. The zero-order valence-electron chi connectivity index (χ0n) is 13.8. The van der Waals surface area contributed by atoms with E-state index in [1.54, 1.807) is 24.3 Å². The molecule has 1 aliphatic rings. The summed E-state index contributed by atoms with van der Waals surface area (Å²) in [6, 6.07) is 15.5. The van der Waals surface area contributed by atoms with Gasteiger partial charge in [-0.3, -0.25) is 9.69 Å². The van der Waals surface area contributed by atoms with Gasteiger partial charge in [-0.15, -0.1) is 0 Å². The van der Waals surface area contributed by atoms with Crippen molar-refractivity contribution in [2.24, 2.45) is 0 Å². The average molecular weight is 344 g/mol. The Kier molecular flexibility index (Phi) is 5.51. The number of anilines is 1. The molecule has 1 heterocycles. The molecule has 126 valence electrons. The molecule has 1 fully saturated rings. The lowest BCUT2D eigenvalue weighted by Crippen LogP contribution is -2.48. The molecule has 2 aromatic carbocycles. The van der Waals surface area contributed by atoms with E-state index in [1.807, 2.05) is 18.2 Å². The van der Waals surface area contributed by atoms with Crippen molar-refractivity contribution in [2.45, 2.75) is 19.5 Å². The van der Waals surface area contributed by atoms with Crippen molar-refractivity contribution in [3.05, 3.63) is 64.7 Å². The summed E-state index contributed by atoms with van der Waals surface area (Å²) < 4.78 is 0. The number of amides is 1. The van der Waals surface area contributed by atoms with Gasteiger partial charge in [-0.2, -0.15) is 0 Å². The van der Waals surface area contributed by atoms with Crippen LogP contribution in [0.5, 0.6) is 0 Å². The quantitative estimate of drug-likeness (QED) is 0.894. The van der Waals surface area contributed by atoms with E-state index in [0.29, 0.717) is 16.6 Å². The second-order valence-corrected chi connectivity index (χ2v) is 6.69. The maximum Gasteiger partial charge on any atom is 0.255 e. The van der Waals surface area contributed by atoms with Gasteiger partial charge in [-0.05, 0) is 48.9 Å². The highest BCUT2D eigenvalue weighted by molar-refractivity contribution is 6.30. The lowest BCUT2D eigenvalue weighted by molar-refractivity contribution is 0.102. The smallest absolute Gasteiger partial charge is 0.255 e. The van der Waals surface area contributed by atoms with E-state index < -0.39 is 0 Å². The van der Waals surface area contributed by atoms with Crippen LogP contribution in [0.4, 0.5) is 5.69 Å². The van der Waals surface area contributed by atoms with Crippen LogP contribution in [-0.2, 0) is 6.54 Å². The number of hydrogen-bond acceptors (Lipinski definition) is 3. The van der Waals surface area contributed by atoms with Crippen molar-refractivity contribution in [3.63, 3.8) is 0 Å². The zero-order valence-corrected chi connectivity index (χ0v) is 14.5. The lowest BCUT2D eigenvalue weighted by Gasteiger charge is -2.31. The van der Waals surface area contributed by atoms with E-state index in [1.165, 1.54) is 5.56 Å². The first-order valence-electron chi connectivity index (χ1n) is 8.22. The fourth-order valence-corrected chi connectivity index (χ4v) is 3.09. The molecule has 3 rings (SSSR count). The number of rotatable bonds is 4. The SMILES string of the molecule is C[C@H]1CN(Cc2cccc(NC(=O)c3ccc(Cl)cc3)c2)CCN1. The van der Waals surface area contributed by atoms with Gasteiger partial charge in [-0.1, -0.05) is 23.7 Å². The van der Waals surface area contributed by atoms with Crippen molar-refractivity contribution in [2.75, 3.05) is 25.0 Å². The van der Waals surface area contributed by atoms with Crippen LogP contribution in [0.3, 0.4) is 0 Å². The van der Waals surface area contributed by atoms with Crippen LogP contribution in [0.2, 0.25) is 5.02 Å². The monoisotopic (exact) mass is 343 g/mol. The third-order valence-corrected chi connectivity index (χ3v) is 4.40. The minimum Gasteiger partial charge on any atom is -0.322 e. The first kappa shape index (κ1) is 17.0. The number of halogens is 1. The van der Waals surface area contributed by atoms with Crippen LogP contribution in [-0.4, -0.2) is 36.5 Å². The van der Waals surface area contributed by atoms with Crippen LogP contribution in [0, 0.1) is 0 Å². The fourth-order valence-electron chi connectivity index (χ4n) is 2.97. The average Bonchev–Trinajstić information content (AvgIpc) is 2.56. The molecule has 2 aromatic rings. The lowest BCUT2D eigenvalue weighted by atomic mass is 10.1. The molecule has 0 bridgehead atoms. The van der Waals surface area contributed by atoms with Crippen molar-refractivity contribution in [3.8, 4) is 0 Å². The number of nitrogens with one attached hydrogen (secondary N) is 2. The largest absolute Gasteiger partial charge is 0.322 e. The molecule has 4 nitrogen and oxygen atoms in total. The van der Waals surface area contributed by atoms with Crippen molar-refractivity contribution in [1.29, 1.82) is 0 Å². The standard InChI is InChI=1S/C19H22ClN3O/c1-14-12-23(10-9-21-14)13-15-3-2-4-18(11-15)22-19(24)16-5-7-17(20)8-6-16/h2-8,11,14,21H,9-10,12-13H2,1H3,(H,22,24)/t14-/m0/s1. The molecule has 0 aliphatic carbocycles. The highest BCUT2D eigenvalue weighted by Crippen LogP contribution is 2.16. The van der Waals surface area contributed by atoms with Gasteiger partial charge in [0.1, 0.15) is 0 Å². The second-order valence-electron chi connectivity index (χ2n) is 6.25. The Balaban J connectivity index is 1.64. The van der Waals surface area contributed by atoms with Gasteiger partial charge in [0, 0.05) is 48.5 Å². The summed E-state index contributed by atoms with van der Waals surface area (Å²) >= 11 is 5.86. The number of carbonyl (C=O) groups is 1. The van der Waals surface area contributed by atoms with Gasteiger partial charge in [0.15, 0.2) is 0 Å². The second kappa shape index (κ2) is 7.79. The van der Waals surface area contributed by atoms with Gasteiger partial charge in [0.25, 0.3) is 5.91 Å². The summed E-state index contributed by atoms with van der Waals surface area (Å²) in [7, 11) is 0. The molecule has 0 aromatic heterocycles. The van der Waals surface area contributed by atoms with E-state index in [4.69, 9.17) is 11.6 Å². The first-order chi connectivity index (χ1) is 11.6. The molecule has 0 unspecified atom stereocenters. The van der Waals surface area contributed by atoms with Crippen LogP contribution >= 0.6 is 11.6 Å². The molecule has 0 radical (unpaired) electrons. The Hall–Kier alpha value is -1.88. The predicted molar refractivity (Wildman–Crippen MR) is 98.6 cm³/mol. The Labute approximate surface area is 147 Å². The Bertz CT molecular complexity index is 702. The summed E-state index contributed by atoms with van der Waals surface area (Å²) in [5, 5.41) is 7.02. The van der Waals surface area contributed by atoms with E-state index >= 15 is 0 Å². The van der Waals surface area contributed by atoms with Crippen LogP contribution in [0.25, 0.3) is 0 Å². The summed E-state index contributed by atoms with van der Waals surface area (Å²) in [4.78, 5) is 14.7. The Morgan fingerprint density at radius 2 is 2.08 bits per heavy atom. The summed E-state index contributed by atoms with van der Waals surface area (Å²) in [5.41, 5.74) is 2.62. The minimum atomic E-state index is -0.125. The third kappa shape index (κ3) is 4.57. The Morgan fingerprint density at radius 3 is 2.83 bits per heavy atom. The normalized spacial score (nSPS) is 18.3. The molecule has 1 atom stereocenters. The molecule has 24 heavy (non-hydrogen) atoms. The van der Waals surface area contributed by atoms with Gasteiger partial charge >= 0.3 is 0 Å². The molecule has 1 saturated heterocycles. The summed E-state index contributed by atoms with van der Waals surface area (Å²) in [6.07, 6.45) is 0. The van der Waals surface area contributed by atoms with Crippen molar-refractivity contribution >= 4 is 23.2 Å². The molecule has 2 N–H and O–H groups in total. The van der Waals surface area contributed by atoms with E-state index in [9.17, 15) is 4.79 Å². The molecular weight excluding hydrogens is 322 g/mol. The highest BCUT2D eigenvalue weighted by Gasteiger charge is 2.15. The number of hydrogen-bond donors (Lipinski definition) is 2. The van der Waals surface area contributed by atoms with E-state index in [2.05, 4.69) is 28.5 Å². The highest BCUT2D eigenvalue weighted by atomic mass is 35.5. The Morgan fingerprint density at radius 1 is 1.29 bits per heavy atom. The molecule has 1 aliphatic heterocycles. The minimum absolute atomic E-state index is 0.125. The predicted octanol–water partition coefficient (Wildman–Crippen LogP) is 3.39. The summed E-state index contributed by atoms with van der Waals surface area (Å²) in [5.74, 6) is -0.125. The maximum atomic E-state index is 12.3. The molecule has 0 saturated carbocycles. The fraction of sp³-hybridized carbons (Fsp3) is 0.316. The van der Waals surface area contributed by atoms with Gasteiger partial charge in [-0.25, -0.2) is 0 Å². The molecular formula is C19H22ClN3O. The van der Waals surface area contributed by atoms with Gasteiger partial charge in [0.2, 0.25) is 0 Å². The molecule has 5 heteroatoms. The number of nitrogens with zero attached hydrogens (tertiary/aromatic N) is 1. The maximum absolute atomic E-state index is 12.3. The summed E-state index contributed by atoms with van der Waals surface area (Å²) in [6.45, 7) is 6.22. The molecule has 1 amide bonds. The topological polar surface area (TPSA) is 44.4 Å². The number of carbonyl (C=O) groups excluding carboxylic acids is 1. The number of piperazine rings is 1. The van der Waals surface area contributed by atoms with Crippen molar-refractivity contribution in [1.82, 2.24) is 10.2 Å². The third-order valence-electron chi connectivity index (χ3n) is 4.15. The van der Waals surface area contributed by atoms with Gasteiger partial charge < -0.3 is 10.6 Å². The van der Waals surface area contributed by atoms with E-state index in [0.717, 1.165) is 31.9 Å². The van der Waals surface area contributed by atoms with Crippen molar-refractivity contribution < 1.29 is 4.79 Å². The van der Waals surface area contributed by atoms with Crippen LogP contribution < -0.4 is 10.6 Å². The zero-order chi connectivity index (χ0) is 16.9. The van der Waals surface area contributed by atoms with E-state index in [-0.39, 0.29) is 5.91 Å². The first-order valence-corrected chi connectivity index (χ1v) is 8.59. The van der Waals surface area contributed by atoms with Gasteiger partial charge in [0.05, 0.1) is 0 Å². The van der Waals surface area contributed by atoms with Crippen LogP contribution in [0.1, 0.15) is 22.8 Å².